The molecule has 1 saturated heterocycles. The monoisotopic (exact) mass is 332 g/mol. The minimum Gasteiger partial charge on any atom is -0.373 e. The second-order valence-corrected chi connectivity index (χ2v) is 5.96. The van der Waals surface area contributed by atoms with Crippen molar-refractivity contribution in [1.29, 1.82) is 0 Å². The summed E-state index contributed by atoms with van der Waals surface area (Å²) in [4.78, 5) is 31.8. The number of carbonyl (C=O) groups is 2. The third kappa shape index (κ3) is 5.14. The number of ether oxygens (including phenoxy) is 1. The molecule has 1 aliphatic heterocycles. The van der Waals surface area contributed by atoms with E-state index in [0.29, 0.717) is 30.8 Å². The summed E-state index contributed by atoms with van der Waals surface area (Å²) in [6, 6.07) is 1.70. The Morgan fingerprint density at radius 1 is 1.46 bits per heavy atom. The lowest BCUT2D eigenvalue weighted by atomic mass is 10.2. The molecule has 1 fully saturated rings. The summed E-state index contributed by atoms with van der Waals surface area (Å²) in [6.07, 6.45) is 6.33. The molecule has 0 aliphatic carbocycles. The zero-order valence-electron chi connectivity index (χ0n) is 14.4. The van der Waals surface area contributed by atoms with E-state index in [0.717, 1.165) is 6.54 Å². The molecule has 1 aromatic heterocycles. The van der Waals surface area contributed by atoms with E-state index in [2.05, 4.69) is 10.3 Å². The van der Waals surface area contributed by atoms with Gasteiger partial charge in [0.05, 0.1) is 18.3 Å². The Balaban J connectivity index is 1.98. The van der Waals surface area contributed by atoms with Crippen LogP contribution in [0.1, 0.15) is 15.9 Å². The fourth-order valence-corrected chi connectivity index (χ4v) is 2.53. The first kappa shape index (κ1) is 18.1. The van der Waals surface area contributed by atoms with Gasteiger partial charge >= 0.3 is 0 Å². The minimum atomic E-state index is -0.205. The van der Waals surface area contributed by atoms with Gasteiger partial charge in [0.25, 0.3) is 5.91 Å². The Kier molecular flexibility index (Phi) is 6.45. The summed E-state index contributed by atoms with van der Waals surface area (Å²) in [5.41, 5.74) is 1.17. The fraction of sp³-hybridized carbons (Fsp3) is 0.471. The molecule has 2 heterocycles. The maximum atomic E-state index is 12.3. The third-order valence-electron chi connectivity index (χ3n) is 3.69. The molecule has 24 heavy (non-hydrogen) atoms. The number of aromatic nitrogens is 1. The van der Waals surface area contributed by atoms with Crippen molar-refractivity contribution in [2.75, 3.05) is 47.4 Å². The van der Waals surface area contributed by atoms with E-state index >= 15 is 0 Å². The van der Waals surface area contributed by atoms with Crippen LogP contribution >= 0.6 is 0 Å². The molecule has 1 aromatic rings. The third-order valence-corrected chi connectivity index (χ3v) is 3.69. The normalized spacial score (nSPS) is 18.2. The molecule has 130 valence electrons. The van der Waals surface area contributed by atoms with Crippen molar-refractivity contribution in [3.63, 3.8) is 0 Å². The highest BCUT2D eigenvalue weighted by molar-refractivity contribution is 5.95. The van der Waals surface area contributed by atoms with Crippen LogP contribution < -0.4 is 5.32 Å². The van der Waals surface area contributed by atoms with E-state index in [1.54, 1.807) is 30.3 Å². The predicted molar refractivity (Wildman–Crippen MR) is 91.5 cm³/mol. The van der Waals surface area contributed by atoms with E-state index in [9.17, 15) is 9.59 Å². The average Bonchev–Trinajstić information content (AvgIpc) is 2.59. The van der Waals surface area contributed by atoms with Gasteiger partial charge in [-0.3, -0.25) is 14.6 Å². The summed E-state index contributed by atoms with van der Waals surface area (Å²) in [5.74, 6) is -0.267. The second kappa shape index (κ2) is 8.56. The van der Waals surface area contributed by atoms with Gasteiger partial charge in [-0.15, -0.1) is 0 Å². The van der Waals surface area contributed by atoms with E-state index < -0.39 is 0 Å². The highest BCUT2D eigenvalue weighted by Gasteiger charge is 2.23. The summed E-state index contributed by atoms with van der Waals surface area (Å²) in [7, 11) is 5.53. The molecular formula is C17H24N4O3. The van der Waals surface area contributed by atoms with E-state index in [1.165, 1.54) is 12.3 Å². The Bertz CT molecular complexity index is 616. The van der Waals surface area contributed by atoms with Gasteiger partial charge in [0, 0.05) is 45.2 Å². The van der Waals surface area contributed by atoms with Crippen molar-refractivity contribution < 1.29 is 14.3 Å². The van der Waals surface area contributed by atoms with Crippen molar-refractivity contribution in [2.45, 2.75) is 6.10 Å². The molecule has 2 rings (SSSR count). The highest BCUT2D eigenvalue weighted by Crippen LogP contribution is 2.09. The second-order valence-electron chi connectivity index (χ2n) is 5.96. The Morgan fingerprint density at radius 2 is 2.25 bits per heavy atom. The molecule has 0 radical (unpaired) electrons. The van der Waals surface area contributed by atoms with Crippen LogP contribution in [0.5, 0.6) is 0 Å². The number of hydrogen-bond donors (Lipinski definition) is 1. The SMILES string of the molecule is CNC(=O)c1cncc(/C=C/C(=O)N2CCOC(CN(C)C)C2)c1. The van der Waals surface area contributed by atoms with Gasteiger partial charge in [-0.2, -0.15) is 0 Å². The molecule has 1 N–H and O–H groups in total. The zero-order chi connectivity index (χ0) is 17.5. The number of likely N-dealkylation sites (N-methyl/N-ethyl adjacent to an activating group) is 1. The summed E-state index contributed by atoms with van der Waals surface area (Å²) >= 11 is 0. The first-order valence-corrected chi connectivity index (χ1v) is 7.90. The predicted octanol–water partition coefficient (Wildman–Crippen LogP) is 0.243. The van der Waals surface area contributed by atoms with Crippen LogP contribution in [0, 0.1) is 0 Å². The van der Waals surface area contributed by atoms with E-state index in [1.807, 2.05) is 19.0 Å². The summed E-state index contributed by atoms with van der Waals surface area (Å²) < 4.78 is 5.67. The lowest BCUT2D eigenvalue weighted by Crippen LogP contribution is -2.48. The number of amides is 2. The van der Waals surface area contributed by atoms with Crippen molar-refractivity contribution in [2.24, 2.45) is 0 Å². The number of rotatable bonds is 5. The lowest BCUT2D eigenvalue weighted by molar-refractivity contribution is -0.133. The van der Waals surface area contributed by atoms with Crippen LogP contribution in [0.3, 0.4) is 0 Å². The van der Waals surface area contributed by atoms with Gasteiger partial charge in [-0.1, -0.05) is 0 Å². The molecular weight excluding hydrogens is 308 g/mol. The lowest BCUT2D eigenvalue weighted by Gasteiger charge is -2.33. The van der Waals surface area contributed by atoms with Gasteiger partial charge in [0.1, 0.15) is 0 Å². The van der Waals surface area contributed by atoms with E-state index in [4.69, 9.17) is 4.74 Å². The Hall–Kier alpha value is -2.25. The van der Waals surface area contributed by atoms with Crippen LogP contribution in [0.25, 0.3) is 6.08 Å². The molecule has 1 atom stereocenters. The molecule has 0 bridgehead atoms. The first-order chi connectivity index (χ1) is 11.5. The van der Waals surface area contributed by atoms with Crippen molar-refractivity contribution >= 4 is 17.9 Å². The maximum Gasteiger partial charge on any atom is 0.252 e. The minimum absolute atomic E-state index is 0.0318. The van der Waals surface area contributed by atoms with Crippen LogP contribution in [-0.4, -0.2) is 80.1 Å². The highest BCUT2D eigenvalue weighted by atomic mass is 16.5. The molecule has 7 heteroatoms. The van der Waals surface area contributed by atoms with Gasteiger partial charge in [0.2, 0.25) is 5.91 Å². The quantitative estimate of drug-likeness (QED) is 0.782. The standard InChI is InChI=1S/C17H24N4O3/c1-18-17(23)14-8-13(9-19-10-14)4-5-16(22)21-6-7-24-15(12-21)11-20(2)3/h4-5,8-10,15H,6-7,11-12H2,1-3H3,(H,18,23)/b5-4+. The molecule has 0 spiro atoms. The number of hydrogen-bond acceptors (Lipinski definition) is 5. The summed E-state index contributed by atoms with van der Waals surface area (Å²) in [5, 5.41) is 2.55. The topological polar surface area (TPSA) is 74.8 Å². The Labute approximate surface area is 142 Å². The van der Waals surface area contributed by atoms with Crippen LogP contribution in [0.4, 0.5) is 0 Å². The Morgan fingerprint density at radius 3 is 2.96 bits per heavy atom. The van der Waals surface area contributed by atoms with Crippen molar-refractivity contribution in [3.8, 4) is 0 Å². The molecule has 1 unspecified atom stereocenters. The fourth-order valence-electron chi connectivity index (χ4n) is 2.53. The number of nitrogens with zero attached hydrogens (tertiary/aromatic N) is 3. The molecule has 7 nitrogen and oxygen atoms in total. The smallest absolute Gasteiger partial charge is 0.252 e. The van der Waals surface area contributed by atoms with Crippen LogP contribution in [0.15, 0.2) is 24.5 Å². The maximum absolute atomic E-state index is 12.3. The molecule has 2 amide bonds. The van der Waals surface area contributed by atoms with Gasteiger partial charge in [-0.25, -0.2) is 0 Å². The average molecular weight is 332 g/mol. The number of nitrogens with one attached hydrogen (secondary N) is 1. The largest absolute Gasteiger partial charge is 0.373 e. The number of pyridine rings is 1. The van der Waals surface area contributed by atoms with Gasteiger partial charge < -0.3 is 19.9 Å². The van der Waals surface area contributed by atoms with Crippen LogP contribution in [-0.2, 0) is 9.53 Å². The molecule has 1 aliphatic rings. The van der Waals surface area contributed by atoms with Gasteiger partial charge in [-0.05, 0) is 31.8 Å². The zero-order valence-corrected chi connectivity index (χ0v) is 14.4. The van der Waals surface area contributed by atoms with Crippen molar-refractivity contribution in [3.05, 3.63) is 35.7 Å². The van der Waals surface area contributed by atoms with E-state index in [-0.39, 0.29) is 17.9 Å². The number of carbonyl (C=O) groups excluding carboxylic acids is 2. The van der Waals surface area contributed by atoms with Crippen LogP contribution in [0.2, 0.25) is 0 Å². The summed E-state index contributed by atoms with van der Waals surface area (Å²) in [6.45, 7) is 2.50. The van der Waals surface area contributed by atoms with Gasteiger partial charge in [0.15, 0.2) is 0 Å². The number of morpholine rings is 1. The van der Waals surface area contributed by atoms with Crippen molar-refractivity contribution in [1.82, 2.24) is 20.1 Å². The first-order valence-electron chi connectivity index (χ1n) is 7.90. The molecule has 0 aromatic carbocycles. The molecule has 0 saturated carbocycles.